The first-order valence-electron chi connectivity index (χ1n) is 7.73. The second-order valence-corrected chi connectivity index (χ2v) is 5.67. The number of aromatic nitrogens is 1. The predicted molar refractivity (Wildman–Crippen MR) is 82.5 cm³/mol. The van der Waals surface area contributed by atoms with Crippen molar-refractivity contribution in [3.05, 3.63) is 65.2 Å². The Bertz CT molecular complexity index is 594. The van der Waals surface area contributed by atoms with Crippen molar-refractivity contribution in [1.82, 2.24) is 10.3 Å². The molecule has 1 heterocycles. The third-order valence-corrected chi connectivity index (χ3v) is 4.29. The Morgan fingerprint density at radius 2 is 2.14 bits per heavy atom. The minimum absolute atomic E-state index is 0.168. The standard InChI is InChI=1S/C18H21FN2/c1-2-16(18-11-10-14(19)12-20-18)21-17-9-5-7-13-6-3-4-8-15(13)17/h3-4,6,8,10-12,16-17,21H,2,5,7,9H2,1H3. The maximum absolute atomic E-state index is 13.0. The van der Waals surface area contributed by atoms with Crippen molar-refractivity contribution in [2.45, 2.75) is 44.7 Å². The molecule has 0 amide bonds. The smallest absolute Gasteiger partial charge is 0.141 e. The third-order valence-electron chi connectivity index (χ3n) is 4.29. The van der Waals surface area contributed by atoms with Crippen LogP contribution in [-0.2, 0) is 6.42 Å². The molecule has 2 nitrogen and oxygen atoms in total. The van der Waals surface area contributed by atoms with Gasteiger partial charge in [-0.15, -0.1) is 0 Å². The number of aryl methyl sites for hydroxylation is 1. The van der Waals surface area contributed by atoms with Gasteiger partial charge >= 0.3 is 0 Å². The number of fused-ring (bicyclic) bond motifs is 1. The van der Waals surface area contributed by atoms with Crippen LogP contribution in [0.3, 0.4) is 0 Å². The molecule has 0 aliphatic heterocycles. The Hall–Kier alpha value is -1.74. The zero-order chi connectivity index (χ0) is 14.7. The lowest BCUT2D eigenvalue weighted by molar-refractivity contribution is 0.388. The van der Waals surface area contributed by atoms with Gasteiger partial charge < -0.3 is 5.32 Å². The molecule has 21 heavy (non-hydrogen) atoms. The molecule has 1 aliphatic carbocycles. The SMILES string of the molecule is CCC(NC1CCCc2ccccc21)c1ccc(F)cn1. The topological polar surface area (TPSA) is 24.9 Å². The molecule has 1 aliphatic rings. The monoisotopic (exact) mass is 284 g/mol. The van der Waals surface area contributed by atoms with Crippen molar-refractivity contribution in [3.63, 3.8) is 0 Å². The van der Waals surface area contributed by atoms with Gasteiger partial charge in [0.05, 0.1) is 11.9 Å². The molecule has 3 rings (SSSR count). The van der Waals surface area contributed by atoms with E-state index in [-0.39, 0.29) is 11.9 Å². The number of hydrogen-bond acceptors (Lipinski definition) is 2. The number of hydrogen-bond donors (Lipinski definition) is 1. The van der Waals surface area contributed by atoms with Crippen LogP contribution in [-0.4, -0.2) is 4.98 Å². The van der Waals surface area contributed by atoms with E-state index in [0.29, 0.717) is 6.04 Å². The van der Waals surface area contributed by atoms with Crippen molar-refractivity contribution in [1.29, 1.82) is 0 Å². The molecule has 0 spiro atoms. The molecular formula is C18H21FN2. The van der Waals surface area contributed by atoms with Crippen LogP contribution < -0.4 is 5.32 Å². The van der Waals surface area contributed by atoms with E-state index in [1.807, 2.05) is 0 Å². The molecule has 0 saturated heterocycles. The van der Waals surface area contributed by atoms with Gasteiger partial charge in [-0.3, -0.25) is 4.98 Å². The van der Waals surface area contributed by atoms with Gasteiger partial charge in [-0.2, -0.15) is 0 Å². The molecule has 2 atom stereocenters. The summed E-state index contributed by atoms with van der Waals surface area (Å²) in [5, 5.41) is 3.71. The Balaban J connectivity index is 1.80. The number of halogens is 1. The van der Waals surface area contributed by atoms with Crippen LogP contribution >= 0.6 is 0 Å². The Morgan fingerprint density at radius 1 is 1.29 bits per heavy atom. The molecule has 3 heteroatoms. The van der Waals surface area contributed by atoms with Crippen LogP contribution in [0.4, 0.5) is 4.39 Å². The lowest BCUT2D eigenvalue weighted by Gasteiger charge is -2.30. The third kappa shape index (κ3) is 3.13. The predicted octanol–water partition coefficient (Wildman–Crippen LogP) is 4.34. The highest BCUT2D eigenvalue weighted by Gasteiger charge is 2.23. The summed E-state index contributed by atoms with van der Waals surface area (Å²) in [6, 6.07) is 12.5. The van der Waals surface area contributed by atoms with Gasteiger partial charge in [-0.05, 0) is 48.9 Å². The van der Waals surface area contributed by atoms with E-state index in [4.69, 9.17) is 0 Å². The Morgan fingerprint density at radius 3 is 2.90 bits per heavy atom. The molecule has 0 fully saturated rings. The summed E-state index contributed by atoms with van der Waals surface area (Å²) < 4.78 is 13.0. The van der Waals surface area contributed by atoms with Crippen LogP contribution in [0.15, 0.2) is 42.6 Å². The highest BCUT2D eigenvalue weighted by Crippen LogP contribution is 2.32. The number of nitrogens with zero attached hydrogens (tertiary/aromatic N) is 1. The van der Waals surface area contributed by atoms with Crippen molar-refractivity contribution < 1.29 is 4.39 Å². The summed E-state index contributed by atoms with van der Waals surface area (Å²) in [6.45, 7) is 2.14. The van der Waals surface area contributed by atoms with Gasteiger partial charge in [0.25, 0.3) is 0 Å². The summed E-state index contributed by atoms with van der Waals surface area (Å²) in [4.78, 5) is 4.23. The minimum atomic E-state index is -0.281. The normalized spacial score (nSPS) is 19.0. The fourth-order valence-electron chi connectivity index (χ4n) is 3.18. The van der Waals surface area contributed by atoms with E-state index >= 15 is 0 Å². The molecule has 1 aromatic heterocycles. The minimum Gasteiger partial charge on any atom is -0.302 e. The number of nitrogens with one attached hydrogen (secondary N) is 1. The molecule has 110 valence electrons. The van der Waals surface area contributed by atoms with E-state index in [0.717, 1.165) is 18.5 Å². The molecule has 0 bridgehead atoms. The molecular weight excluding hydrogens is 263 g/mol. The second kappa shape index (κ2) is 6.35. The zero-order valence-corrected chi connectivity index (χ0v) is 12.3. The van der Waals surface area contributed by atoms with Crippen molar-refractivity contribution in [2.24, 2.45) is 0 Å². The quantitative estimate of drug-likeness (QED) is 0.903. The van der Waals surface area contributed by atoms with Crippen LogP contribution in [0.5, 0.6) is 0 Å². The fraction of sp³-hybridized carbons (Fsp3) is 0.389. The van der Waals surface area contributed by atoms with E-state index in [1.165, 1.54) is 36.2 Å². The van der Waals surface area contributed by atoms with Crippen LogP contribution in [0.2, 0.25) is 0 Å². The molecule has 2 aromatic rings. The maximum atomic E-state index is 13.0. The van der Waals surface area contributed by atoms with E-state index in [2.05, 4.69) is 41.5 Å². The summed E-state index contributed by atoms with van der Waals surface area (Å²) in [5.41, 5.74) is 3.77. The second-order valence-electron chi connectivity index (χ2n) is 5.67. The Kier molecular flexibility index (Phi) is 4.30. The average molecular weight is 284 g/mol. The van der Waals surface area contributed by atoms with Crippen LogP contribution in [0, 0.1) is 5.82 Å². The van der Waals surface area contributed by atoms with E-state index in [1.54, 1.807) is 6.07 Å². The molecule has 0 saturated carbocycles. The number of pyridine rings is 1. The first-order valence-corrected chi connectivity index (χ1v) is 7.73. The highest BCUT2D eigenvalue weighted by atomic mass is 19.1. The van der Waals surface area contributed by atoms with Gasteiger partial charge in [-0.25, -0.2) is 4.39 Å². The molecule has 2 unspecified atom stereocenters. The first kappa shape index (κ1) is 14.2. The van der Waals surface area contributed by atoms with Crippen LogP contribution in [0.1, 0.15) is 55.1 Å². The first-order chi connectivity index (χ1) is 10.3. The molecule has 0 radical (unpaired) electrons. The molecule has 1 N–H and O–H groups in total. The van der Waals surface area contributed by atoms with Gasteiger partial charge in [0, 0.05) is 12.1 Å². The maximum Gasteiger partial charge on any atom is 0.141 e. The number of rotatable bonds is 4. The van der Waals surface area contributed by atoms with Gasteiger partial charge in [0.2, 0.25) is 0 Å². The Labute approximate surface area is 125 Å². The van der Waals surface area contributed by atoms with Gasteiger partial charge in [-0.1, -0.05) is 31.2 Å². The zero-order valence-electron chi connectivity index (χ0n) is 12.3. The summed E-state index contributed by atoms with van der Waals surface area (Å²) in [7, 11) is 0. The largest absolute Gasteiger partial charge is 0.302 e. The van der Waals surface area contributed by atoms with Crippen molar-refractivity contribution >= 4 is 0 Å². The lowest BCUT2D eigenvalue weighted by atomic mass is 9.87. The van der Waals surface area contributed by atoms with Crippen LogP contribution in [0.25, 0.3) is 0 Å². The fourth-order valence-corrected chi connectivity index (χ4v) is 3.18. The van der Waals surface area contributed by atoms with Crippen molar-refractivity contribution in [2.75, 3.05) is 0 Å². The summed E-state index contributed by atoms with van der Waals surface area (Å²) in [6.07, 6.45) is 5.77. The average Bonchev–Trinajstić information content (AvgIpc) is 2.54. The van der Waals surface area contributed by atoms with E-state index < -0.39 is 0 Å². The number of benzene rings is 1. The summed E-state index contributed by atoms with van der Waals surface area (Å²) in [5.74, 6) is -0.281. The lowest BCUT2D eigenvalue weighted by Crippen LogP contribution is -2.29. The molecule has 1 aromatic carbocycles. The highest BCUT2D eigenvalue weighted by molar-refractivity contribution is 5.32. The van der Waals surface area contributed by atoms with Gasteiger partial charge in [0.15, 0.2) is 0 Å². The van der Waals surface area contributed by atoms with E-state index in [9.17, 15) is 4.39 Å². The van der Waals surface area contributed by atoms with Gasteiger partial charge in [0.1, 0.15) is 5.82 Å². The summed E-state index contributed by atoms with van der Waals surface area (Å²) >= 11 is 0. The van der Waals surface area contributed by atoms with Crippen molar-refractivity contribution in [3.8, 4) is 0 Å².